The highest BCUT2D eigenvalue weighted by Crippen LogP contribution is 2.36. The van der Waals surface area contributed by atoms with Crippen molar-refractivity contribution in [1.29, 1.82) is 5.26 Å². The molecule has 0 spiro atoms. The van der Waals surface area contributed by atoms with Gasteiger partial charge < -0.3 is 19.3 Å². The van der Waals surface area contributed by atoms with E-state index in [-0.39, 0.29) is 11.3 Å². The molecule has 0 atom stereocenters. The van der Waals surface area contributed by atoms with Crippen molar-refractivity contribution in [1.82, 2.24) is 9.13 Å². The van der Waals surface area contributed by atoms with Gasteiger partial charge in [-0.05, 0) is 106 Å². The van der Waals surface area contributed by atoms with E-state index in [1.807, 2.05) is 66.7 Å². The zero-order chi connectivity index (χ0) is 39.9. The van der Waals surface area contributed by atoms with Gasteiger partial charge in [0.1, 0.15) is 11.6 Å². The van der Waals surface area contributed by atoms with E-state index in [0.29, 0.717) is 11.1 Å². The van der Waals surface area contributed by atoms with Crippen molar-refractivity contribution in [2.45, 2.75) is 0 Å². The number of nitrogens with zero attached hydrogens (tertiary/aromatic N) is 4. The number of nitriles is 1. The summed E-state index contributed by atoms with van der Waals surface area (Å²) in [6, 6.07) is 54.8. The maximum atomic E-state index is 11.5. The number of carboxylic acid groups (broad SMARTS) is 2. The van der Waals surface area contributed by atoms with Crippen LogP contribution in [-0.2, 0) is 9.59 Å². The van der Waals surface area contributed by atoms with Gasteiger partial charge in [-0.15, -0.1) is 0 Å². The van der Waals surface area contributed by atoms with E-state index >= 15 is 0 Å². The van der Waals surface area contributed by atoms with E-state index < -0.39 is 11.9 Å². The molecule has 0 radical (unpaired) electrons. The lowest BCUT2D eigenvalue weighted by Crippen LogP contribution is -1.97. The average molecular weight is 751 g/mol. The molecule has 274 valence electrons. The van der Waals surface area contributed by atoms with Crippen LogP contribution in [0.2, 0.25) is 0 Å². The SMILES string of the molecule is [C-]#[N+]C(=Cc1ccc2c(c1)c1ccccc1n2-c1ccc(-c2ccc(-c3ccc(-n4c5ccccc5c5cc(C=C(C#N)C(=O)O)ccc54)cc3)cc2)cc1)C(=O)O. The molecule has 9 rings (SSSR count). The predicted octanol–water partition coefficient (Wildman–Crippen LogP) is 11.6. The van der Waals surface area contributed by atoms with Crippen LogP contribution in [0.1, 0.15) is 11.1 Å². The quantitative estimate of drug-likeness (QED) is 0.0912. The molecule has 0 unspecified atom stereocenters. The molecule has 0 saturated heterocycles. The van der Waals surface area contributed by atoms with Crippen LogP contribution < -0.4 is 0 Å². The molecule has 9 aromatic rings. The van der Waals surface area contributed by atoms with Crippen molar-refractivity contribution < 1.29 is 19.8 Å². The number of fused-ring (bicyclic) bond motifs is 6. The van der Waals surface area contributed by atoms with Crippen LogP contribution in [0.25, 0.3) is 94.2 Å². The summed E-state index contributed by atoms with van der Waals surface area (Å²) in [6.07, 6.45) is 2.80. The standard InChI is InChI=1S/C50H30N4O4/c1-52-44(50(57)58)29-32-11-25-48-43(28-32)41-7-3-5-9-46(41)54(48)39-22-18-36(19-23-39)34-14-12-33(13-15-34)35-16-20-38(21-17-35)53-45-8-4-2-6-40(45)42-27-31(10-24-47(42)53)26-37(30-51)49(55)56/h2-29H,(H,55,56)(H,57,58). The Morgan fingerprint density at radius 3 is 1.31 bits per heavy atom. The molecular formula is C50H30N4O4. The van der Waals surface area contributed by atoms with Crippen LogP contribution in [0.15, 0.2) is 169 Å². The first-order chi connectivity index (χ1) is 28.3. The lowest BCUT2D eigenvalue weighted by Gasteiger charge is -2.11. The third-order valence-electron chi connectivity index (χ3n) is 10.5. The van der Waals surface area contributed by atoms with Crippen molar-refractivity contribution in [2.75, 3.05) is 0 Å². The molecule has 2 heterocycles. The van der Waals surface area contributed by atoms with Gasteiger partial charge in [-0.1, -0.05) is 97.1 Å². The topological polar surface area (TPSA) is 113 Å². The number of hydrogen-bond acceptors (Lipinski definition) is 3. The molecule has 0 aliphatic carbocycles. The van der Waals surface area contributed by atoms with Gasteiger partial charge in [-0.25, -0.2) is 9.64 Å². The number of aliphatic carboxylic acids is 2. The van der Waals surface area contributed by atoms with E-state index in [1.54, 1.807) is 6.07 Å². The van der Waals surface area contributed by atoms with E-state index in [4.69, 9.17) is 6.57 Å². The van der Waals surface area contributed by atoms with Gasteiger partial charge in [0.25, 0.3) is 5.70 Å². The zero-order valence-corrected chi connectivity index (χ0v) is 30.7. The molecule has 58 heavy (non-hydrogen) atoms. The van der Waals surface area contributed by atoms with Crippen LogP contribution in [0.5, 0.6) is 0 Å². The monoisotopic (exact) mass is 750 g/mol. The van der Waals surface area contributed by atoms with Gasteiger partial charge in [0.05, 0.1) is 28.6 Å². The van der Waals surface area contributed by atoms with Crippen LogP contribution in [-0.4, -0.2) is 31.3 Å². The zero-order valence-electron chi connectivity index (χ0n) is 30.7. The third kappa shape index (κ3) is 6.14. The summed E-state index contributed by atoms with van der Waals surface area (Å²) in [6.45, 7) is 7.23. The van der Waals surface area contributed by atoms with Crippen molar-refractivity contribution in [3.05, 3.63) is 192 Å². The van der Waals surface area contributed by atoms with Crippen molar-refractivity contribution in [2.24, 2.45) is 0 Å². The minimum absolute atomic E-state index is 0.315. The molecule has 2 aromatic heterocycles. The summed E-state index contributed by atoms with van der Waals surface area (Å²) < 4.78 is 4.39. The Kier molecular flexibility index (Phi) is 8.70. The van der Waals surface area contributed by atoms with Crippen molar-refractivity contribution >= 4 is 67.7 Å². The van der Waals surface area contributed by atoms with E-state index in [0.717, 1.165) is 77.2 Å². The fourth-order valence-corrected chi connectivity index (χ4v) is 7.79. The first kappa shape index (κ1) is 35.3. The lowest BCUT2D eigenvalue weighted by molar-refractivity contribution is -0.133. The second-order valence-electron chi connectivity index (χ2n) is 13.9. The van der Waals surface area contributed by atoms with Gasteiger partial charge in [-0.3, -0.25) is 4.79 Å². The molecule has 0 aliphatic rings. The number of carbonyl (C=O) groups is 2. The molecule has 0 fully saturated rings. The van der Waals surface area contributed by atoms with Gasteiger partial charge in [-0.2, -0.15) is 5.26 Å². The Bertz CT molecular complexity index is 3060. The number of carboxylic acids is 2. The van der Waals surface area contributed by atoms with Crippen LogP contribution in [0.3, 0.4) is 0 Å². The van der Waals surface area contributed by atoms with Crippen LogP contribution in [0, 0.1) is 17.9 Å². The molecular weight excluding hydrogens is 721 g/mol. The summed E-state index contributed by atoms with van der Waals surface area (Å²) in [5.74, 6) is -2.50. The summed E-state index contributed by atoms with van der Waals surface area (Å²) in [5, 5.41) is 32.0. The Labute approximate surface area is 332 Å². The first-order valence-corrected chi connectivity index (χ1v) is 18.4. The fraction of sp³-hybridized carbons (Fsp3) is 0. The fourth-order valence-electron chi connectivity index (χ4n) is 7.79. The van der Waals surface area contributed by atoms with Crippen LogP contribution in [0.4, 0.5) is 0 Å². The molecule has 0 amide bonds. The second kappa shape index (κ2) is 14.3. The highest BCUT2D eigenvalue weighted by molar-refractivity contribution is 6.11. The molecule has 0 aliphatic heterocycles. The maximum absolute atomic E-state index is 11.5. The number of para-hydroxylation sites is 2. The summed E-state index contributed by atoms with van der Waals surface area (Å²) in [4.78, 5) is 26.1. The average Bonchev–Trinajstić information content (AvgIpc) is 3.77. The molecule has 0 saturated carbocycles. The predicted molar refractivity (Wildman–Crippen MR) is 229 cm³/mol. The maximum Gasteiger partial charge on any atom is 0.346 e. The summed E-state index contributed by atoms with van der Waals surface area (Å²) in [5.41, 5.74) is 11.0. The molecule has 0 bridgehead atoms. The Morgan fingerprint density at radius 2 is 0.914 bits per heavy atom. The highest BCUT2D eigenvalue weighted by atomic mass is 16.4. The second-order valence-corrected chi connectivity index (χ2v) is 13.9. The first-order valence-electron chi connectivity index (χ1n) is 18.4. The van der Waals surface area contributed by atoms with Crippen molar-refractivity contribution in [3.63, 3.8) is 0 Å². The van der Waals surface area contributed by atoms with Crippen molar-refractivity contribution in [3.8, 4) is 39.7 Å². The van der Waals surface area contributed by atoms with E-state index in [2.05, 4.69) is 105 Å². The Balaban J connectivity index is 0.993. The Hall–Kier alpha value is -8.46. The molecule has 2 N–H and O–H groups in total. The van der Waals surface area contributed by atoms with Gasteiger partial charge in [0, 0.05) is 32.9 Å². The van der Waals surface area contributed by atoms with E-state index in [9.17, 15) is 25.1 Å². The largest absolute Gasteiger partial charge is 0.486 e. The highest BCUT2D eigenvalue weighted by Gasteiger charge is 2.16. The molecule has 8 heteroatoms. The number of hydrogen-bond donors (Lipinski definition) is 2. The minimum Gasteiger partial charge on any atom is -0.486 e. The van der Waals surface area contributed by atoms with Gasteiger partial charge >= 0.3 is 11.9 Å². The van der Waals surface area contributed by atoms with Crippen LogP contribution >= 0.6 is 0 Å². The molecule has 8 nitrogen and oxygen atoms in total. The lowest BCUT2D eigenvalue weighted by atomic mass is 10.00. The van der Waals surface area contributed by atoms with E-state index in [1.165, 1.54) is 12.2 Å². The third-order valence-corrected chi connectivity index (χ3v) is 10.5. The Morgan fingerprint density at radius 1 is 0.517 bits per heavy atom. The summed E-state index contributed by atoms with van der Waals surface area (Å²) in [7, 11) is 0. The number of benzene rings is 7. The summed E-state index contributed by atoms with van der Waals surface area (Å²) >= 11 is 0. The smallest absolute Gasteiger partial charge is 0.346 e. The number of aromatic nitrogens is 2. The minimum atomic E-state index is -1.25. The van der Waals surface area contributed by atoms with Gasteiger partial charge in [0.2, 0.25) is 0 Å². The molecule has 7 aromatic carbocycles. The normalized spacial score (nSPS) is 11.9. The van der Waals surface area contributed by atoms with Gasteiger partial charge in [0.15, 0.2) is 0 Å². The number of rotatable bonds is 8.